The molecule has 1 N–H and O–H groups in total. The molecule has 1 aliphatic rings. The van der Waals surface area contributed by atoms with E-state index in [9.17, 15) is 22.8 Å². The highest BCUT2D eigenvalue weighted by molar-refractivity contribution is 8.18. The number of anilines is 1. The number of ether oxygens (including phenoxy) is 1. The highest BCUT2D eigenvalue weighted by atomic mass is 32.2. The molecule has 0 aromatic heterocycles. The molecule has 0 bridgehead atoms. The summed E-state index contributed by atoms with van der Waals surface area (Å²) in [4.78, 5) is 37.5. The second-order valence-electron chi connectivity index (χ2n) is 7.81. The third-order valence-electron chi connectivity index (χ3n) is 5.03. The molecule has 1 fully saturated rings. The third kappa shape index (κ3) is 6.78. The Morgan fingerprint density at radius 2 is 1.68 bits per heavy atom. The molecule has 3 aromatic rings. The Balaban J connectivity index is 1.42. The Hall–Kier alpha value is -4.09. The first-order chi connectivity index (χ1) is 17.7. The summed E-state index contributed by atoms with van der Waals surface area (Å²) in [5, 5.41) is 2.15. The number of para-hydroxylation sites is 1. The minimum absolute atomic E-state index is 0.0372. The maximum atomic E-state index is 12.8. The van der Waals surface area contributed by atoms with E-state index in [1.165, 1.54) is 49.4 Å². The van der Waals surface area contributed by atoms with Crippen molar-refractivity contribution in [2.75, 3.05) is 18.5 Å². The fourth-order valence-corrected chi connectivity index (χ4v) is 5.14. The Bertz CT molecular complexity index is 1450. The van der Waals surface area contributed by atoms with Crippen molar-refractivity contribution in [3.63, 3.8) is 0 Å². The van der Waals surface area contributed by atoms with Crippen LogP contribution in [0.4, 0.5) is 10.5 Å². The Kier molecular flexibility index (Phi) is 7.95. The molecular formula is C26H22N2O7S2. The molecular weight excluding hydrogens is 516 g/mol. The molecule has 190 valence electrons. The van der Waals surface area contributed by atoms with Crippen molar-refractivity contribution >= 4 is 50.7 Å². The van der Waals surface area contributed by atoms with Gasteiger partial charge in [-0.2, -0.15) is 8.42 Å². The average Bonchev–Trinajstić information content (AvgIpc) is 3.12. The van der Waals surface area contributed by atoms with E-state index in [1.807, 2.05) is 18.2 Å². The minimum atomic E-state index is -4.15. The first-order valence-electron chi connectivity index (χ1n) is 11.1. The van der Waals surface area contributed by atoms with Crippen LogP contribution in [0.2, 0.25) is 0 Å². The number of rotatable bonds is 9. The fraction of sp³-hybridized carbons (Fsp3) is 0.115. The predicted octanol–water partition coefficient (Wildman–Crippen LogP) is 4.53. The van der Waals surface area contributed by atoms with Gasteiger partial charge in [0.2, 0.25) is 5.91 Å². The highest BCUT2D eigenvalue weighted by Crippen LogP contribution is 2.33. The summed E-state index contributed by atoms with van der Waals surface area (Å²) < 4.78 is 36.2. The lowest BCUT2D eigenvalue weighted by molar-refractivity contribution is -0.123. The third-order valence-corrected chi connectivity index (χ3v) is 7.19. The summed E-state index contributed by atoms with van der Waals surface area (Å²) in [6.07, 6.45) is 1.50. The summed E-state index contributed by atoms with van der Waals surface area (Å²) >= 11 is 0.798. The van der Waals surface area contributed by atoms with Crippen molar-refractivity contribution in [2.45, 2.75) is 11.8 Å². The van der Waals surface area contributed by atoms with Crippen LogP contribution >= 0.6 is 11.8 Å². The van der Waals surface area contributed by atoms with E-state index in [0.717, 1.165) is 16.7 Å². The lowest BCUT2D eigenvalue weighted by Crippen LogP contribution is -2.32. The van der Waals surface area contributed by atoms with Crippen molar-refractivity contribution in [2.24, 2.45) is 0 Å². The Morgan fingerprint density at radius 3 is 2.38 bits per heavy atom. The largest absolute Gasteiger partial charge is 0.492 e. The number of nitrogens with zero attached hydrogens (tertiary/aromatic N) is 1. The molecule has 1 aliphatic heterocycles. The van der Waals surface area contributed by atoms with Crippen LogP contribution in [0.25, 0.3) is 6.08 Å². The van der Waals surface area contributed by atoms with Gasteiger partial charge in [0.25, 0.3) is 11.1 Å². The van der Waals surface area contributed by atoms with E-state index in [0.29, 0.717) is 17.0 Å². The molecule has 0 aliphatic carbocycles. The van der Waals surface area contributed by atoms with Crippen LogP contribution in [0, 0.1) is 0 Å². The van der Waals surface area contributed by atoms with Crippen LogP contribution in [0.15, 0.2) is 88.7 Å². The van der Waals surface area contributed by atoms with Gasteiger partial charge in [0.15, 0.2) is 0 Å². The van der Waals surface area contributed by atoms with E-state index in [1.54, 1.807) is 24.3 Å². The summed E-state index contributed by atoms with van der Waals surface area (Å²) in [6, 6.07) is 20.8. The van der Waals surface area contributed by atoms with Gasteiger partial charge in [-0.25, -0.2) is 0 Å². The van der Waals surface area contributed by atoms with Gasteiger partial charge in [0, 0.05) is 12.6 Å². The van der Waals surface area contributed by atoms with Crippen LogP contribution < -0.4 is 14.2 Å². The molecule has 37 heavy (non-hydrogen) atoms. The number of thioether (sulfide) groups is 1. The second kappa shape index (κ2) is 11.3. The molecule has 4 rings (SSSR count). The van der Waals surface area contributed by atoms with Gasteiger partial charge in [0.05, 0.1) is 11.4 Å². The molecule has 1 heterocycles. The Morgan fingerprint density at radius 1 is 0.973 bits per heavy atom. The number of hydrogen-bond acceptors (Lipinski definition) is 8. The first-order valence-corrected chi connectivity index (χ1v) is 13.3. The minimum Gasteiger partial charge on any atom is -0.492 e. The molecule has 9 nitrogen and oxygen atoms in total. The zero-order valence-corrected chi connectivity index (χ0v) is 21.3. The van der Waals surface area contributed by atoms with Crippen LogP contribution in [-0.4, -0.2) is 43.5 Å². The number of nitrogens with one attached hydrogen (secondary N) is 1. The number of amides is 3. The Labute approximate surface area is 218 Å². The van der Waals surface area contributed by atoms with E-state index >= 15 is 0 Å². The normalized spacial score (nSPS) is 14.6. The van der Waals surface area contributed by atoms with Crippen molar-refractivity contribution in [3.8, 4) is 11.5 Å². The van der Waals surface area contributed by atoms with E-state index in [-0.39, 0.29) is 34.6 Å². The summed E-state index contributed by atoms with van der Waals surface area (Å²) in [5.41, 5.74) is 0.939. The number of imide groups is 1. The molecule has 0 atom stereocenters. The molecule has 0 spiro atoms. The zero-order chi connectivity index (χ0) is 26.4. The van der Waals surface area contributed by atoms with Gasteiger partial charge in [-0.3, -0.25) is 19.3 Å². The van der Waals surface area contributed by atoms with Crippen LogP contribution in [-0.2, 0) is 19.7 Å². The van der Waals surface area contributed by atoms with Crippen molar-refractivity contribution in [1.82, 2.24) is 4.90 Å². The SMILES string of the molecule is CC(=O)Nc1ccc(S(=O)(=O)Oc2cccc(/C=C3\SC(=O)N(CCOc4ccccc4)C3=O)c2)cc1. The number of hydrogen-bond donors (Lipinski definition) is 1. The predicted molar refractivity (Wildman–Crippen MR) is 140 cm³/mol. The first kappa shape index (κ1) is 26.0. The topological polar surface area (TPSA) is 119 Å². The van der Waals surface area contributed by atoms with Crippen LogP contribution in [0.5, 0.6) is 11.5 Å². The second-order valence-corrected chi connectivity index (χ2v) is 10.3. The molecule has 3 aromatic carbocycles. The van der Waals surface area contributed by atoms with Gasteiger partial charge in [-0.05, 0) is 71.9 Å². The molecule has 1 saturated heterocycles. The lowest BCUT2D eigenvalue weighted by atomic mass is 10.2. The standard InChI is InChI=1S/C26H22N2O7S2/c1-18(29)27-20-10-12-23(13-11-20)37(32,33)35-22-9-5-6-19(16-22)17-24-25(30)28(26(31)36-24)14-15-34-21-7-3-2-4-8-21/h2-13,16-17H,14-15H2,1H3,(H,27,29)/b24-17-. The monoisotopic (exact) mass is 538 g/mol. The van der Waals surface area contributed by atoms with E-state index in [4.69, 9.17) is 8.92 Å². The molecule has 0 saturated carbocycles. The van der Waals surface area contributed by atoms with Crippen LogP contribution in [0.3, 0.4) is 0 Å². The van der Waals surface area contributed by atoms with Gasteiger partial charge >= 0.3 is 10.1 Å². The maximum Gasteiger partial charge on any atom is 0.339 e. The van der Waals surface area contributed by atoms with E-state index < -0.39 is 21.3 Å². The quantitative estimate of drug-likeness (QED) is 0.312. The van der Waals surface area contributed by atoms with Gasteiger partial charge in [0.1, 0.15) is 23.0 Å². The average molecular weight is 539 g/mol. The highest BCUT2D eigenvalue weighted by Gasteiger charge is 2.34. The molecule has 3 amide bonds. The van der Waals surface area contributed by atoms with Crippen LogP contribution in [0.1, 0.15) is 12.5 Å². The van der Waals surface area contributed by atoms with Gasteiger partial charge in [-0.1, -0.05) is 30.3 Å². The van der Waals surface area contributed by atoms with Crippen molar-refractivity contribution in [1.29, 1.82) is 0 Å². The van der Waals surface area contributed by atoms with Gasteiger partial charge in [-0.15, -0.1) is 0 Å². The zero-order valence-electron chi connectivity index (χ0n) is 19.6. The summed E-state index contributed by atoms with van der Waals surface area (Å²) in [5.74, 6) is -0.0532. The summed E-state index contributed by atoms with van der Waals surface area (Å²) in [7, 11) is -4.15. The number of benzene rings is 3. The van der Waals surface area contributed by atoms with E-state index in [2.05, 4.69) is 5.32 Å². The number of carbonyl (C=O) groups excluding carboxylic acids is 3. The smallest absolute Gasteiger partial charge is 0.339 e. The van der Waals surface area contributed by atoms with Gasteiger partial charge < -0.3 is 14.2 Å². The fourth-order valence-electron chi connectivity index (χ4n) is 3.35. The van der Waals surface area contributed by atoms with Crippen molar-refractivity contribution < 1.29 is 31.7 Å². The van der Waals surface area contributed by atoms with Crippen molar-refractivity contribution in [3.05, 3.63) is 89.3 Å². The molecule has 0 unspecified atom stereocenters. The summed E-state index contributed by atoms with van der Waals surface area (Å²) in [6.45, 7) is 1.60. The lowest BCUT2D eigenvalue weighted by Gasteiger charge is -2.13. The molecule has 11 heteroatoms. The number of carbonyl (C=O) groups is 3. The maximum absolute atomic E-state index is 12.8. The molecule has 0 radical (unpaired) electrons.